The Hall–Kier alpha value is -1.43. The molecule has 0 aliphatic heterocycles. The minimum atomic E-state index is -1.49. The number of nitrogens with zero attached hydrogens (tertiary/aromatic N) is 1. The van der Waals surface area contributed by atoms with Gasteiger partial charge in [0.1, 0.15) is 11.0 Å². The van der Waals surface area contributed by atoms with Gasteiger partial charge in [0.25, 0.3) is 0 Å². The number of thiazole rings is 1. The molecule has 0 amide bonds. The number of hydrogen-bond acceptors (Lipinski definition) is 6. The van der Waals surface area contributed by atoms with Crippen LogP contribution >= 0.6 is 11.3 Å². The SMILES string of the molecule is O=C([O-])c1csc(C(=O)[O-])n1. The lowest BCUT2D eigenvalue weighted by Crippen LogP contribution is -2.25. The third-order valence-corrected chi connectivity index (χ3v) is 1.71. The van der Waals surface area contributed by atoms with Gasteiger partial charge in [0.2, 0.25) is 0 Å². The number of hydrogen-bond donors (Lipinski definition) is 0. The van der Waals surface area contributed by atoms with E-state index in [0.717, 1.165) is 5.38 Å². The summed E-state index contributed by atoms with van der Waals surface area (Å²) in [5.41, 5.74) is -0.380. The molecule has 1 aromatic rings. The van der Waals surface area contributed by atoms with Crippen molar-refractivity contribution < 1.29 is 19.8 Å². The van der Waals surface area contributed by atoms with Crippen molar-refractivity contribution in [2.45, 2.75) is 0 Å². The predicted octanol–water partition coefficient (Wildman–Crippen LogP) is -2.13. The molecule has 58 valence electrons. The van der Waals surface area contributed by atoms with Crippen LogP contribution < -0.4 is 10.2 Å². The fourth-order valence-corrected chi connectivity index (χ4v) is 1.08. The predicted molar refractivity (Wildman–Crippen MR) is 30.8 cm³/mol. The molecule has 0 N–H and O–H groups in total. The molecule has 11 heavy (non-hydrogen) atoms. The van der Waals surface area contributed by atoms with E-state index in [1.165, 1.54) is 0 Å². The molecule has 0 aliphatic rings. The van der Waals surface area contributed by atoms with Crippen LogP contribution in [0.25, 0.3) is 0 Å². The number of carboxylic acids is 2. The number of carbonyl (C=O) groups is 2. The summed E-state index contributed by atoms with van der Waals surface area (Å²) in [6.45, 7) is 0. The Bertz CT molecular complexity index is 277. The quantitative estimate of drug-likeness (QED) is 0.506. The third kappa shape index (κ3) is 1.53. The lowest BCUT2D eigenvalue weighted by Gasteiger charge is -1.94. The molecular formula is C5HNO4S-2. The summed E-state index contributed by atoms with van der Waals surface area (Å²) in [5.74, 6) is -2.98. The van der Waals surface area contributed by atoms with Crippen LogP contribution in [0.15, 0.2) is 5.38 Å². The Kier molecular flexibility index (Phi) is 1.86. The molecule has 0 bridgehead atoms. The highest BCUT2D eigenvalue weighted by Gasteiger charge is 2.01. The fourth-order valence-electron chi connectivity index (χ4n) is 0.461. The van der Waals surface area contributed by atoms with E-state index in [0.29, 0.717) is 11.3 Å². The van der Waals surface area contributed by atoms with Gasteiger partial charge in [-0.05, 0) is 0 Å². The van der Waals surface area contributed by atoms with Crippen molar-refractivity contribution in [2.75, 3.05) is 0 Å². The molecule has 0 saturated heterocycles. The zero-order valence-corrected chi connectivity index (χ0v) is 5.88. The first-order valence-corrected chi connectivity index (χ1v) is 3.37. The number of aromatic nitrogens is 1. The van der Waals surface area contributed by atoms with Crippen LogP contribution in [0.3, 0.4) is 0 Å². The van der Waals surface area contributed by atoms with E-state index in [4.69, 9.17) is 0 Å². The first kappa shape index (κ1) is 7.67. The zero-order valence-electron chi connectivity index (χ0n) is 5.07. The van der Waals surface area contributed by atoms with E-state index >= 15 is 0 Å². The van der Waals surface area contributed by atoms with E-state index in [-0.39, 0.29) is 10.7 Å². The molecule has 0 spiro atoms. The van der Waals surface area contributed by atoms with Crippen molar-refractivity contribution in [3.63, 3.8) is 0 Å². The highest BCUT2D eigenvalue weighted by atomic mass is 32.1. The lowest BCUT2D eigenvalue weighted by atomic mass is 10.5. The summed E-state index contributed by atoms with van der Waals surface area (Å²) in [6, 6.07) is 0. The Morgan fingerprint density at radius 3 is 2.27 bits per heavy atom. The molecule has 1 aromatic heterocycles. The second-order valence-electron chi connectivity index (χ2n) is 1.61. The smallest absolute Gasteiger partial charge is 0.139 e. The highest BCUT2D eigenvalue weighted by molar-refractivity contribution is 7.11. The molecule has 5 nitrogen and oxygen atoms in total. The Balaban J connectivity index is 2.99. The Morgan fingerprint density at radius 1 is 1.36 bits per heavy atom. The fraction of sp³-hybridized carbons (Fsp3) is 0. The van der Waals surface area contributed by atoms with Crippen molar-refractivity contribution in [1.82, 2.24) is 4.98 Å². The van der Waals surface area contributed by atoms with Gasteiger partial charge < -0.3 is 19.8 Å². The molecule has 6 heteroatoms. The third-order valence-electron chi connectivity index (χ3n) is 0.888. The maximum atomic E-state index is 10.1. The van der Waals surface area contributed by atoms with Gasteiger partial charge in [0.05, 0.1) is 11.7 Å². The summed E-state index contributed by atoms with van der Waals surface area (Å²) in [4.78, 5) is 23.3. The van der Waals surface area contributed by atoms with Gasteiger partial charge in [-0.15, -0.1) is 11.3 Å². The van der Waals surface area contributed by atoms with Crippen molar-refractivity contribution in [1.29, 1.82) is 0 Å². The van der Waals surface area contributed by atoms with Gasteiger partial charge in [-0.25, -0.2) is 4.98 Å². The number of carboxylic acid groups (broad SMARTS) is 2. The largest absolute Gasteiger partial charge is 0.543 e. The van der Waals surface area contributed by atoms with Gasteiger partial charge in [-0.3, -0.25) is 0 Å². The first-order valence-electron chi connectivity index (χ1n) is 2.49. The lowest BCUT2D eigenvalue weighted by molar-refractivity contribution is -0.255. The van der Waals surface area contributed by atoms with Crippen LogP contribution in [0.4, 0.5) is 0 Å². The van der Waals surface area contributed by atoms with Gasteiger partial charge in [0, 0.05) is 5.38 Å². The van der Waals surface area contributed by atoms with Crippen LogP contribution in [0.2, 0.25) is 0 Å². The number of aromatic carboxylic acids is 2. The van der Waals surface area contributed by atoms with E-state index in [2.05, 4.69) is 4.98 Å². The molecule has 0 unspecified atom stereocenters. The van der Waals surface area contributed by atoms with Gasteiger partial charge in [0.15, 0.2) is 0 Å². The summed E-state index contributed by atoms with van der Waals surface area (Å²) in [7, 11) is 0. The van der Waals surface area contributed by atoms with E-state index < -0.39 is 11.9 Å². The van der Waals surface area contributed by atoms with Crippen LogP contribution in [-0.2, 0) is 0 Å². The minimum absolute atomic E-state index is 0.357. The second kappa shape index (κ2) is 2.67. The van der Waals surface area contributed by atoms with Crippen molar-refractivity contribution >= 4 is 23.3 Å². The molecule has 0 aliphatic carbocycles. The molecule has 1 rings (SSSR count). The number of carbonyl (C=O) groups excluding carboxylic acids is 2. The maximum Gasteiger partial charge on any atom is 0.139 e. The summed E-state index contributed by atoms with van der Waals surface area (Å²) < 4.78 is 0. The Morgan fingerprint density at radius 2 is 2.00 bits per heavy atom. The molecule has 1 heterocycles. The van der Waals surface area contributed by atoms with E-state index in [9.17, 15) is 19.8 Å². The summed E-state index contributed by atoms with van der Waals surface area (Å²) in [6.07, 6.45) is 0. The van der Waals surface area contributed by atoms with Crippen molar-refractivity contribution in [2.24, 2.45) is 0 Å². The highest BCUT2D eigenvalue weighted by Crippen LogP contribution is 2.07. The summed E-state index contributed by atoms with van der Waals surface area (Å²) in [5, 5.41) is 20.8. The zero-order chi connectivity index (χ0) is 8.43. The van der Waals surface area contributed by atoms with Crippen LogP contribution in [-0.4, -0.2) is 16.9 Å². The molecule has 0 radical (unpaired) electrons. The maximum absolute atomic E-state index is 10.1. The van der Waals surface area contributed by atoms with E-state index in [1.807, 2.05) is 0 Å². The molecule has 0 saturated carbocycles. The average molecular weight is 171 g/mol. The van der Waals surface area contributed by atoms with Gasteiger partial charge in [-0.1, -0.05) is 0 Å². The van der Waals surface area contributed by atoms with E-state index in [1.54, 1.807) is 0 Å². The normalized spacial score (nSPS) is 9.45. The molecule has 0 atom stereocenters. The topological polar surface area (TPSA) is 93.1 Å². The molecule has 0 aromatic carbocycles. The Labute approximate surface area is 64.9 Å². The second-order valence-corrected chi connectivity index (χ2v) is 2.47. The van der Waals surface area contributed by atoms with Crippen molar-refractivity contribution in [3.8, 4) is 0 Å². The standard InChI is InChI=1S/C5H3NO4S/c7-4(8)2-1-11-3(6-2)5(9)10/h1H,(H,7,8)(H,9,10)/p-2. The monoisotopic (exact) mass is 171 g/mol. The average Bonchev–Trinajstić information content (AvgIpc) is 2.33. The number of rotatable bonds is 2. The van der Waals surface area contributed by atoms with Crippen LogP contribution in [0.1, 0.15) is 20.3 Å². The minimum Gasteiger partial charge on any atom is -0.543 e. The van der Waals surface area contributed by atoms with Gasteiger partial charge in [-0.2, -0.15) is 0 Å². The van der Waals surface area contributed by atoms with Gasteiger partial charge >= 0.3 is 0 Å². The first-order chi connectivity index (χ1) is 5.11. The molecule has 0 fully saturated rings. The molecular weight excluding hydrogens is 170 g/mol. The summed E-state index contributed by atoms with van der Waals surface area (Å²) >= 11 is 0.692. The van der Waals surface area contributed by atoms with Crippen molar-refractivity contribution in [3.05, 3.63) is 16.1 Å². The van der Waals surface area contributed by atoms with Crippen LogP contribution in [0, 0.1) is 0 Å². The van der Waals surface area contributed by atoms with Crippen LogP contribution in [0.5, 0.6) is 0 Å².